The number of rotatable bonds is 3. The Morgan fingerprint density at radius 1 is 1.21 bits per heavy atom. The highest BCUT2D eigenvalue weighted by molar-refractivity contribution is 6.05. The molecule has 0 aromatic heterocycles. The second kappa shape index (κ2) is 6.83. The Hall–Kier alpha value is -1.95. The van der Waals surface area contributed by atoms with E-state index in [9.17, 15) is 24.6 Å². The van der Waals surface area contributed by atoms with Crippen LogP contribution >= 0.6 is 0 Å². The number of carbonyl (C=O) groups is 3. The highest BCUT2D eigenvalue weighted by atomic mass is 16.5. The summed E-state index contributed by atoms with van der Waals surface area (Å²) in [6.45, 7) is 9.40. The van der Waals surface area contributed by atoms with Gasteiger partial charge in [-0.3, -0.25) is 9.59 Å². The first-order chi connectivity index (χ1) is 12.9. The minimum absolute atomic E-state index is 0.00432. The minimum Gasteiger partial charge on any atom is -0.478 e. The molecule has 0 saturated heterocycles. The first-order valence-electron chi connectivity index (χ1n) is 10.0. The highest BCUT2D eigenvalue weighted by Gasteiger charge is 2.58. The Bertz CT molecular complexity index is 791. The van der Waals surface area contributed by atoms with Crippen LogP contribution in [0.25, 0.3) is 0 Å². The van der Waals surface area contributed by atoms with Crippen LogP contribution in [0.4, 0.5) is 0 Å². The van der Waals surface area contributed by atoms with Gasteiger partial charge in [-0.15, -0.1) is 0 Å². The molecule has 0 spiro atoms. The average molecular weight is 390 g/mol. The molecule has 0 heterocycles. The number of allylic oxidation sites excluding steroid dienone is 2. The maximum absolute atomic E-state index is 13.3. The molecule has 0 aromatic carbocycles. The van der Waals surface area contributed by atoms with Gasteiger partial charge in [0, 0.05) is 23.8 Å². The first kappa shape index (κ1) is 20.8. The van der Waals surface area contributed by atoms with Gasteiger partial charge in [-0.1, -0.05) is 33.8 Å². The maximum Gasteiger partial charge on any atom is 0.334 e. The molecule has 1 fully saturated rings. The van der Waals surface area contributed by atoms with Crippen LogP contribution in [-0.4, -0.2) is 40.1 Å². The van der Waals surface area contributed by atoms with Crippen LogP contribution in [0.1, 0.15) is 60.3 Å². The number of esters is 1. The van der Waals surface area contributed by atoms with E-state index in [1.807, 2.05) is 27.7 Å². The van der Waals surface area contributed by atoms with Gasteiger partial charge in [0.05, 0.1) is 11.7 Å². The Balaban J connectivity index is 2.24. The summed E-state index contributed by atoms with van der Waals surface area (Å²) in [6.07, 6.45) is 2.32. The minimum atomic E-state index is -1.14. The lowest BCUT2D eigenvalue weighted by atomic mass is 9.65. The van der Waals surface area contributed by atoms with Crippen LogP contribution in [0.5, 0.6) is 0 Å². The van der Waals surface area contributed by atoms with E-state index in [2.05, 4.69) is 0 Å². The molecule has 28 heavy (non-hydrogen) atoms. The van der Waals surface area contributed by atoms with Crippen LogP contribution in [0.2, 0.25) is 0 Å². The van der Waals surface area contributed by atoms with Gasteiger partial charge in [0.25, 0.3) is 0 Å². The lowest BCUT2D eigenvalue weighted by Gasteiger charge is -2.39. The van der Waals surface area contributed by atoms with E-state index in [0.29, 0.717) is 36.8 Å². The van der Waals surface area contributed by atoms with Crippen LogP contribution in [-0.2, 0) is 19.1 Å². The Labute approximate surface area is 165 Å². The summed E-state index contributed by atoms with van der Waals surface area (Å²) in [6, 6.07) is 0. The van der Waals surface area contributed by atoms with E-state index in [4.69, 9.17) is 4.74 Å². The summed E-state index contributed by atoms with van der Waals surface area (Å²) in [7, 11) is 0. The summed E-state index contributed by atoms with van der Waals surface area (Å²) < 4.78 is 5.44. The number of fused-ring (bicyclic) bond motifs is 2. The summed E-state index contributed by atoms with van der Waals surface area (Å²) in [5, 5.41) is 20.1. The summed E-state index contributed by atoms with van der Waals surface area (Å²) in [5.41, 5.74) is 0.176. The normalized spacial score (nSPS) is 37.9. The zero-order valence-corrected chi connectivity index (χ0v) is 17.2. The van der Waals surface area contributed by atoms with Crippen LogP contribution in [0.15, 0.2) is 22.8 Å². The fourth-order valence-corrected chi connectivity index (χ4v) is 5.73. The van der Waals surface area contributed by atoms with Gasteiger partial charge in [0.1, 0.15) is 0 Å². The quantitative estimate of drug-likeness (QED) is 0.719. The van der Waals surface area contributed by atoms with E-state index >= 15 is 0 Å². The third-order valence-corrected chi connectivity index (χ3v) is 7.17. The molecule has 2 N–H and O–H groups in total. The number of ketones is 1. The van der Waals surface area contributed by atoms with E-state index in [1.165, 1.54) is 6.92 Å². The Morgan fingerprint density at radius 3 is 2.39 bits per heavy atom. The fourth-order valence-electron chi connectivity index (χ4n) is 5.73. The third kappa shape index (κ3) is 3.02. The molecule has 3 aliphatic carbocycles. The second-order valence-electron chi connectivity index (χ2n) is 9.39. The predicted octanol–water partition coefficient (Wildman–Crippen LogP) is 3.04. The molecule has 5 atom stereocenters. The lowest BCUT2D eigenvalue weighted by Crippen LogP contribution is -2.37. The molecule has 0 aromatic rings. The van der Waals surface area contributed by atoms with Crippen molar-refractivity contribution in [1.29, 1.82) is 0 Å². The van der Waals surface area contributed by atoms with Crippen LogP contribution < -0.4 is 0 Å². The molecule has 154 valence electrons. The Kier molecular flexibility index (Phi) is 5.07. The zero-order chi connectivity index (χ0) is 21.0. The number of aliphatic hydroxyl groups excluding tert-OH is 1. The molecular weight excluding hydrogens is 360 g/mol. The second-order valence-corrected chi connectivity index (χ2v) is 9.39. The molecular formula is C22H30O6. The van der Waals surface area contributed by atoms with Gasteiger partial charge in [-0.05, 0) is 42.6 Å². The molecule has 6 heteroatoms. The molecule has 1 saturated carbocycles. The van der Waals surface area contributed by atoms with Gasteiger partial charge in [0.2, 0.25) is 0 Å². The third-order valence-electron chi connectivity index (χ3n) is 7.17. The van der Waals surface area contributed by atoms with Crippen LogP contribution in [0, 0.1) is 22.7 Å². The number of aliphatic carboxylic acids is 1. The van der Waals surface area contributed by atoms with Crippen molar-refractivity contribution < 1.29 is 29.3 Å². The average Bonchev–Trinajstić information content (AvgIpc) is 2.69. The molecule has 0 amide bonds. The molecule has 3 aliphatic rings. The van der Waals surface area contributed by atoms with Gasteiger partial charge in [-0.2, -0.15) is 0 Å². The summed E-state index contributed by atoms with van der Waals surface area (Å²) >= 11 is 0. The number of hydrogen-bond acceptors (Lipinski definition) is 5. The largest absolute Gasteiger partial charge is 0.478 e. The predicted molar refractivity (Wildman–Crippen MR) is 102 cm³/mol. The van der Waals surface area contributed by atoms with Gasteiger partial charge < -0.3 is 14.9 Å². The molecule has 0 bridgehead atoms. The summed E-state index contributed by atoms with van der Waals surface area (Å²) in [5.74, 6) is -1.93. The van der Waals surface area contributed by atoms with Gasteiger partial charge in [-0.25, -0.2) is 4.79 Å². The Morgan fingerprint density at radius 2 is 1.86 bits per heavy atom. The monoisotopic (exact) mass is 390 g/mol. The molecule has 3 rings (SSSR count). The van der Waals surface area contributed by atoms with Crippen LogP contribution in [0.3, 0.4) is 0 Å². The fraction of sp³-hybridized carbons (Fsp3) is 0.682. The topological polar surface area (TPSA) is 101 Å². The molecule has 0 unspecified atom stereocenters. The standard InChI is InChI=1S/C22H30O6/c1-11(2)17-19(28-12(3)23)18(25)14-10-13-16(20(26)27)15(24)6-7-21(13,4)8-9-22(14,17)5/h10-11,15,17,19,24H,6-9H2,1-5H3,(H,26,27)/t15-,17-,19+,21-,22-/m0/s1. The van der Waals surface area contributed by atoms with E-state index in [0.717, 1.165) is 0 Å². The highest BCUT2D eigenvalue weighted by Crippen LogP contribution is 2.59. The number of carboxylic acid groups (broad SMARTS) is 1. The SMILES string of the molecule is CC(=O)O[C@H]1C(=O)C2=CC3=C(C(=O)O)[C@@H](O)CC[C@@]3(C)CC[C@]2(C)[C@H]1C(C)C. The zero-order valence-electron chi connectivity index (χ0n) is 17.2. The van der Waals surface area contributed by atoms with E-state index < -0.39 is 35.0 Å². The van der Waals surface area contributed by atoms with Crippen molar-refractivity contribution >= 4 is 17.7 Å². The number of Topliss-reactive ketones (excluding diaryl/α,β-unsaturated/α-hetero) is 1. The van der Waals surface area contributed by atoms with Gasteiger partial charge in [0.15, 0.2) is 11.9 Å². The van der Waals surface area contributed by atoms with Gasteiger partial charge >= 0.3 is 11.9 Å². The van der Waals surface area contributed by atoms with Crippen molar-refractivity contribution in [2.75, 3.05) is 0 Å². The van der Waals surface area contributed by atoms with Crippen molar-refractivity contribution in [2.24, 2.45) is 22.7 Å². The number of carbonyl (C=O) groups excluding carboxylic acids is 2. The van der Waals surface area contributed by atoms with E-state index in [1.54, 1.807) is 6.08 Å². The number of aliphatic hydroxyl groups is 1. The lowest BCUT2D eigenvalue weighted by molar-refractivity contribution is -0.155. The molecule has 0 radical (unpaired) electrons. The van der Waals surface area contributed by atoms with Crippen molar-refractivity contribution in [3.63, 3.8) is 0 Å². The molecule has 0 aliphatic heterocycles. The number of hydrogen-bond donors (Lipinski definition) is 2. The maximum atomic E-state index is 13.3. The summed E-state index contributed by atoms with van der Waals surface area (Å²) in [4.78, 5) is 36.9. The number of carboxylic acids is 1. The van der Waals surface area contributed by atoms with Crippen molar-refractivity contribution in [3.05, 3.63) is 22.8 Å². The van der Waals surface area contributed by atoms with Crippen molar-refractivity contribution in [2.45, 2.75) is 72.5 Å². The van der Waals surface area contributed by atoms with Crippen molar-refractivity contribution in [1.82, 2.24) is 0 Å². The smallest absolute Gasteiger partial charge is 0.334 e. The number of ether oxygens (including phenoxy) is 1. The van der Waals surface area contributed by atoms with Crippen molar-refractivity contribution in [3.8, 4) is 0 Å². The van der Waals surface area contributed by atoms with E-state index in [-0.39, 0.29) is 23.2 Å². The first-order valence-corrected chi connectivity index (χ1v) is 10.0. The molecule has 6 nitrogen and oxygen atoms in total.